The van der Waals surface area contributed by atoms with Gasteiger partial charge in [0.15, 0.2) is 5.82 Å². The normalized spacial score (nSPS) is 18.0. The van der Waals surface area contributed by atoms with Crippen LogP contribution in [0, 0.1) is 0 Å². The van der Waals surface area contributed by atoms with Crippen LogP contribution in [0.2, 0.25) is 0 Å². The zero-order chi connectivity index (χ0) is 34.9. The largest absolute Gasteiger partial charge is 0.392 e. The molecule has 7 rings (SSSR count). The Morgan fingerprint density at radius 3 is 2.70 bits per heavy atom. The molecule has 3 N–H and O–H groups in total. The van der Waals surface area contributed by atoms with E-state index in [1.807, 2.05) is 18.2 Å². The standard InChI is InChI=1S/C36H39N9O5/c1-4-31(47)40-28-16-24(7-8-30(28)44-15-14-43(17-22(44)2)25-20-50-21-25)39-33-36(49)42(3)18-29(41-33)26-9-12-38-34(27(26)19-46)45-13-10-23-6-5-11-37-32(23)35(45)48/h4-9,11-12,16,18,22,25,46H,1,10,13-15,17,19-21H2,2-3H3,(H,39,41)(H,40,47). The first-order valence-corrected chi connectivity index (χ1v) is 16.6. The lowest BCUT2D eigenvalue weighted by atomic mass is 10.0. The van der Waals surface area contributed by atoms with Gasteiger partial charge in [-0.2, -0.15) is 0 Å². The zero-order valence-electron chi connectivity index (χ0n) is 28.0. The van der Waals surface area contributed by atoms with Crippen LogP contribution in [0.1, 0.15) is 28.5 Å². The number of aliphatic hydroxyl groups excluding tert-OH is 1. The number of hydrogen-bond donors (Lipinski definition) is 3. The molecule has 2 fully saturated rings. The van der Waals surface area contributed by atoms with Gasteiger partial charge in [0.25, 0.3) is 11.5 Å². The van der Waals surface area contributed by atoms with Gasteiger partial charge in [0.05, 0.1) is 42.9 Å². The number of nitrogens with zero attached hydrogens (tertiary/aromatic N) is 7. The monoisotopic (exact) mass is 677 g/mol. The summed E-state index contributed by atoms with van der Waals surface area (Å²) in [4.78, 5) is 59.0. The molecule has 3 aromatic heterocycles. The van der Waals surface area contributed by atoms with Crippen molar-refractivity contribution in [2.45, 2.75) is 32.0 Å². The second-order valence-corrected chi connectivity index (χ2v) is 12.7. The lowest BCUT2D eigenvalue weighted by Crippen LogP contribution is -2.59. The number of ether oxygens (including phenoxy) is 1. The first-order chi connectivity index (χ1) is 24.2. The van der Waals surface area contributed by atoms with Gasteiger partial charge < -0.3 is 29.9 Å². The van der Waals surface area contributed by atoms with Crippen molar-refractivity contribution in [1.29, 1.82) is 0 Å². The van der Waals surface area contributed by atoms with Gasteiger partial charge >= 0.3 is 0 Å². The molecule has 0 aliphatic carbocycles. The number of carbonyl (C=O) groups excluding carboxylic acids is 2. The summed E-state index contributed by atoms with van der Waals surface area (Å²) >= 11 is 0. The molecule has 0 bridgehead atoms. The van der Waals surface area contributed by atoms with E-state index in [0.717, 1.165) is 44.1 Å². The van der Waals surface area contributed by atoms with Crippen LogP contribution in [-0.2, 0) is 29.6 Å². The van der Waals surface area contributed by atoms with Crippen molar-refractivity contribution in [3.8, 4) is 11.3 Å². The molecule has 2 saturated heterocycles. The van der Waals surface area contributed by atoms with Gasteiger partial charge in [-0.3, -0.25) is 29.2 Å². The topological polar surface area (TPSA) is 158 Å². The molecular weight excluding hydrogens is 638 g/mol. The van der Waals surface area contributed by atoms with Gasteiger partial charge in [-0.25, -0.2) is 9.97 Å². The maximum absolute atomic E-state index is 13.4. The Morgan fingerprint density at radius 1 is 1.12 bits per heavy atom. The van der Waals surface area contributed by atoms with E-state index in [4.69, 9.17) is 4.74 Å². The number of nitrogens with one attached hydrogen (secondary N) is 2. The van der Waals surface area contributed by atoms with Crippen LogP contribution in [0.4, 0.5) is 28.7 Å². The van der Waals surface area contributed by atoms with E-state index in [2.05, 4.69) is 48.9 Å². The fourth-order valence-corrected chi connectivity index (χ4v) is 6.82. The Hall–Kier alpha value is -5.44. The minimum absolute atomic E-state index is 0.0397. The van der Waals surface area contributed by atoms with E-state index in [0.29, 0.717) is 58.7 Å². The first-order valence-electron chi connectivity index (χ1n) is 16.6. The number of fused-ring (bicyclic) bond motifs is 1. The molecule has 14 nitrogen and oxygen atoms in total. The molecule has 14 heteroatoms. The number of rotatable bonds is 9. The SMILES string of the molecule is C=CC(=O)Nc1cc(Nc2nc(-c3ccnc(N4CCc5cccnc5C4=O)c3CO)cn(C)c2=O)ccc1N1CCN(C2COC2)CC1C. The maximum atomic E-state index is 13.4. The average molecular weight is 678 g/mol. The van der Waals surface area contributed by atoms with E-state index in [9.17, 15) is 19.5 Å². The third-order valence-electron chi connectivity index (χ3n) is 9.55. The Labute approximate surface area is 289 Å². The van der Waals surface area contributed by atoms with Crippen LogP contribution in [0.15, 0.2) is 72.4 Å². The molecule has 4 aromatic rings. The molecular formula is C36H39N9O5. The van der Waals surface area contributed by atoms with Crippen LogP contribution in [0.3, 0.4) is 0 Å². The zero-order valence-corrected chi connectivity index (χ0v) is 28.0. The van der Waals surface area contributed by atoms with Crippen LogP contribution in [-0.4, -0.2) is 92.8 Å². The number of benzene rings is 1. The Balaban J connectivity index is 1.19. The Bertz CT molecular complexity index is 2030. The second-order valence-electron chi connectivity index (χ2n) is 12.7. The van der Waals surface area contributed by atoms with Crippen molar-refractivity contribution < 1.29 is 19.4 Å². The molecule has 6 heterocycles. The Kier molecular flexibility index (Phi) is 9.14. The summed E-state index contributed by atoms with van der Waals surface area (Å²) in [6.45, 7) is 9.78. The molecule has 1 atom stereocenters. The summed E-state index contributed by atoms with van der Waals surface area (Å²) in [5.41, 5.74) is 4.12. The molecule has 3 aliphatic heterocycles. The average Bonchev–Trinajstić information content (AvgIpc) is 3.10. The van der Waals surface area contributed by atoms with E-state index >= 15 is 0 Å². The molecule has 3 aliphatic rings. The van der Waals surface area contributed by atoms with Crippen molar-refractivity contribution in [3.63, 3.8) is 0 Å². The predicted octanol–water partition coefficient (Wildman–Crippen LogP) is 2.71. The molecule has 0 spiro atoms. The molecule has 2 amide bonds. The summed E-state index contributed by atoms with van der Waals surface area (Å²) in [5, 5.41) is 16.7. The number of carbonyl (C=O) groups is 2. The van der Waals surface area contributed by atoms with E-state index in [1.165, 1.54) is 15.5 Å². The smallest absolute Gasteiger partial charge is 0.293 e. The number of aliphatic hydroxyl groups is 1. The van der Waals surface area contributed by atoms with Gasteiger partial charge in [0.1, 0.15) is 11.5 Å². The van der Waals surface area contributed by atoms with E-state index < -0.39 is 6.61 Å². The fraction of sp³-hybridized carbons (Fsp3) is 0.333. The van der Waals surface area contributed by atoms with Crippen molar-refractivity contribution in [2.24, 2.45) is 7.05 Å². The van der Waals surface area contributed by atoms with E-state index in [1.54, 1.807) is 43.8 Å². The Morgan fingerprint density at radius 2 is 1.96 bits per heavy atom. The summed E-state index contributed by atoms with van der Waals surface area (Å²) in [6.07, 6.45) is 6.53. The van der Waals surface area contributed by atoms with Gasteiger partial charge in [-0.05, 0) is 55.3 Å². The predicted molar refractivity (Wildman–Crippen MR) is 190 cm³/mol. The van der Waals surface area contributed by atoms with Gasteiger partial charge in [-0.15, -0.1) is 0 Å². The second kappa shape index (κ2) is 13.8. The van der Waals surface area contributed by atoms with Crippen LogP contribution in [0.5, 0.6) is 0 Å². The van der Waals surface area contributed by atoms with Crippen molar-refractivity contribution in [2.75, 3.05) is 59.8 Å². The van der Waals surface area contributed by atoms with Crippen LogP contribution >= 0.6 is 0 Å². The van der Waals surface area contributed by atoms with Gasteiger partial charge in [-0.1, -0.05) is 12.6 Å². The summed E-state index contributed by atoms with van der Waals surface area (Å²) in [5.74, 6) is -0.300. The fourth-order valence-electron chi connectivity index (χ4n) is 6.82. The van der Waals surface area contributed by atoms with Crippen molar-refractivity contribution in [1.82, 2.24) is 24.4 Å². The van der Waals surface area contributed by atoms with Crippen molar-refractivity contribution >= 4 is 40.5 Å². The maximum Gasteiger partial charge on any atom is 0.293 e. The number of anilines is 5. The third kappa shape index (κ3) is 6.24. The third-order valence-corrected chi connectivity index (χ3v) is 9.55. The van der Waals surface area contributed by atoms with Gasteiger partial charge in [0, 0.05) is 74.7 Å². The highest BCUT2D eigenvalue weighted by molar-refractivity contribution is 6.07. The number of piperazine rings is 1. The first kappa shape index (κ1) is 33.1. The number of hydrogen-bond acceptors (Lipinski definition) is 11. The highest BCUT2D eigenvalue weighted by atomic mass is 16.5. The highest BCUT2D eigenvalue weighted by Crippen LogP contribution is 2.35. The highest BCUT2D eigenvalue weighted by Gasteiger charge is 2.33. The lowest BCUT2D eigenvalue weighted by molar-refractivity contribution is -0.111. The molecule has 1 unspecified atom stereocenters. The van der Waals surface area contributed by atoms with Crippen molar-refractivity contribution in [3.05, 3.63) is 94.8 Å². The minimum Gasteiger partial charge on any atom is -0.392 e. The van der Waals surface area contributed by atoms with Crippen LogP contribution in [0.25, 0.3) is 11.3 Å². The number of aromatic nitrogens is 4. The molecule has 0 saturated carbocycles. The van der Waals surface area contributed by atoms with Gasteiger partial charge in [0.2, 0.25) is 5.91 Å². The number of amides is 2. The summed E-state index contributed by atoms with van der Waals surface area (Å²) in [7, 11) is 1.62. The molecule has 50 heavy (non-hydrogen) atoms. The molecule has 258 valence electrons. The molecule has 0 radical (unpaired) electrons. The number of pyridine rings is 2. The minimum atomic E-state index is -0.417. The quantitative estimate of drug-likeness (QED) is 0.224. The summed E-state index contributed by atoms with van der Waals surface area (Å²) in [6, 6.07) is 11.6. The van der Waals surface area contributed by atoms with Crippen LogP contribution < -0.4 is 26.0 Å². The lowest BCUT2D eigenvalue weighted by Gasteiger charge is -2.46. The number of aryl methyl sites for hydroxylation is 1. The van der Waals surface area contributed by atoms with E-state index in [-0.39, 0.29) is 29.2 Å². The summed E-state index contributed by atoms with van der Waals surface area (Å²) < 4.78 is 6.80. The molecule has 1 aromatic carbocycles.